The average Bonchev–Trinajstić information content (AvgIpc) is 3.06. The van der Waals surface area contributed by atoms with Gasteiger partial charge in [0, 0.05) is 43.2 Å². The van der Waals surface area contributed by atoms with E-state index in [2.05, 4.69) is 27.0 Å². The van der Waals surface area contributed by atoms with E-state index in [1.165, 1.54) is 5.56 Å². The predicted octanol–water partition coefficient (Wildman–Crippen LogP) is 3.97. The summed E-state index contributed by atoms with van der Waals surface area (Å²) in [6.07, 6.45) is 10.9. The van der Waals surface area contributed by atoms with E-state index in [0.717, 1.165) is 61.4 Å². The molecule has 1 fully saturated rings. The molecule has 8 heteroatoms. The van der Waals surface area contributed by atoms with Crippen molar-refractivity contribution in [1.82, 2.24) is 30.0 Å². The van der Waals surface area contributed by atoms with E-state index in [4.69, 9.17) is 26.4 Å². The summed E-state index contributed by atoms with van der Waals surface area (Å²) in [7, 11) is 2.11. The van der Waals surface area contributed by atoms with Gasteiger partial charge < -0.3 is 4.74 Å². The molecule has 0 aromatic carbocycles. The van der Waals surface area contributed by atoms with Crippen molar-refractivity contribution in [3.05, 3.63) is 52.8 Å². The molecule has 7 nitrogen and oxygen atoms in total. The number of ether oxygens (including phenoxy) is 1. The zero-order valence-electron chi connectivity index (χ0n) is 16.3. The first-order valence-electron chi connectivity index (χ1n) is 10.0. The molecule has 1 aliphatic carbocycles. The van der Waals surface area contributed by atoms with E-state index in [0.29, 0.717) is 16.8 Å². The Morgan fingerprint density at radius 1 is 1.10 bits per heavy atom. The van der Waals surface area contributed by atoms with Crippen LogP contribution in [0.3, 0.4) is 0 Å². The molecular formula is C21H23ClN6O. The average molecular weight is 411 g/mol. The van der Waals surface area contributed by atoms with Crippen LogP contribution in [-0.2, 0) is 13.1 Å². The number of aromatic amines is 1. The third-order valence-electron chi connectivity index (χ3n) is 5.80. The molecule has 0 atom stereocenters. The number of H-pyrrole nitrogens is 1. The summed E-state index contributed by atoms with van der Waals surface area (Å²) in [5.41, 5.74) is 5.59. The van der Waals surface area contributed by atoms with Crippen LogP contribution in [0.1, 0.15) is 48.6 Å². The van der Waals surface area contributed by atoms with Crippen LogP contribution in [0, 0.1) is 0 Å². The third-order valence-corrected chi connectivity index (χ3v) is 6.00. The van der Waals surface area contributed by atoms with E-state index < -0.39 is 0 Å². The largest absolute Gasteiger partial charge is 0.473 e. The summed E-state index contributed by atoms with van der Waals surface area (Å²) in [4.78, 5) is 15.3. The molecular weight excluding hydrogens is 388 g/mol. The number of nitrogens with zero attached hydrogens (tertiary/aromatic N) is 5. The van der Waals surface area contributed by atoms with Gasteiger partial charge in [-0.05, 0) is 44.4 Å². The van der Waals surface area contributed by atoms with Gasteiger partial charge in [-0.1, -0.05) is 11.6 Å². The van der Waals surface area contributed by atoms with Crippen molar-refractivity contribution < 1.29 is 4.74 Å². The topological polar surface area (TPSA) is 79.8 Å². The van der Waals surface area contributed by atoms with E-state index in [1.807, 2.05) is 6.07 Å². The van der Waals surface area contributed by atoms with Crippen LogP contribution in [0.4, 0.5) is 0 Å². The second-order valence-electron chi connectivity index (χ2n) is 7.93. The Kier molecular flexibility index (Phi) is 4.93. The smallest absolute Gasteiger partial charge is 0.232 e. The van der Waals surface area contributed by atoms with Gasteiger partial charge in [0.1, 0.15) is 6.10 Å². The Hall–Kier alpha value is -2.51. The maximum atomic E-state index is 6.22. The molecule has 0 spiro atoms. The second-order valence-corrected chi connectivity index (χ2v) is 8.37. The highest BCUT2D eigenvalue weighted by Crippen LogP contribution is 2.41. The Morgan fingerprint density at radius 3 is 2.76 bits per heavy atom. The zero-order chi connectivity index (χ0) is 19.8. The van der Waals surface area contributed by atoms with E-state index in [-0.39, 0.29) is 6.10 Å². The lowest BCUT2D eigenvalue weighted by atomic mass is 9.83. The number of fused-ring (bicyclic) bond motifs is 3. The number of rotatable bonds is 3. The highest BCUT2D eigenvalue weighted by atomic mass is 35.5. The fourth-order valence-electron chi connectivity index (χ4n) is 4.48. The van der Waals surface area contributed by atoms with Crippen LogP contribution in [0.5, 0.6) is 5.88 Å². The van der Waals surface area contributed by atoms with Gasteiger partial charge in [0.15, 0.2) is 0 Å². The van der Waals surface area contributed by atoms with Gasteiger partial charge in [0.25, 0.3) is 0 Å². The molecule has 29 heavy (non-hydrogen) atoms. The van der Waals surface area contributed by atoms with Gasteiger partial charge in [-0.2, -0.15) is 5.10 Å². The molecule has 150 valence electrons. The summed E-state index contributed by atoms with van der Waals surface area (Å²) >= 11 is 6.22. The van der Waals surface area contributed by atoms with Crippen molar-refractivity contribution in [2.24, 2.45) is 0 Å². The fraction of sp³-hybridized carbons (Fsp3) is 0.429. The van der Waals surface area contributed by atoms with Crippen LogP contribution in [0.15, 0.2) is 30.9 Å². The van der Waals surface area contributed by atoms with Crippen molar-refractivity contribution >= 4 is 11.6 Å². The summed E-state index contributed by atoms with van der Waals surface area (Å²) < 4.78 is 6.00. The van der Waals surface area contributed by atoms with Gasteiger partial charge in [0.2, 0.25) is 5.88 Å². The molecule has 2 aliphatic rings. The Balaban J connectivity index is 1.38. The minimum absolute atomic E-state index is 0.177. The molecule has 0 bridgehead atoms. The highest BCUT2D eigenvalue weighted by molar-refractivity contribution is 6.30. The number of hydrogen-bond acceptors (Lipinski definition) is 6. The molecule has 0 unspecified atom stereocenters. The quantitative estimate of drug-likeness (QED) is 0.703. The van der Waals surface area contributed by atoms with Crippen molar-refractivity contribution in [2.75, 3.05) is 7.05 Å². The van der Waals surface area contributed by atoms with E-state index in [9.17, 15) is 0 Å². The Bertz CT molecular complexity index is 1000. The number of aromatic nitrogens is 5. The zero-order valence-corrected chi connectivity index (χ0v) is 17.1. The lowest BCUT2D eigenvalue weighted by Gasteiger charge is -2.28. The number of pyridine rings is 1. The number of hydrogen-bond donors (Lipinski definition) is 1. The van der Waals surface area contributed by atoms with Crippen molar-refractivity contribution in [1.29, 1.82) is 0 Å². The van der Waals surface area contributed by atoms with Gasteiger partial charge in [-0.25, -0.2) is 4.98 Å². The molecule has 5 rings (SSSR count). The van der Waals surface area contributed by atoms with Gasteiger partial charge in [-0.15, -0.1) is 0 Å². The Labute approximate surface area is 174 Å². The van der Waals surface area contributed by atoms with Crippen molar-refractivity contribution in [3.8, 4) is 17.1 Å². The van der Waals surface area contributed by atoms with Crippen LogP contribution >= 0.6 is 11.6 Å². The van der Waals surface area contributed by atoms with Crippen LogP contribution in [0.25, 0.3) is 11.3 Å². The highest BCUT2D eigenvalue weighted by Gasteiger charge is 2.31. The molecule has 1 saturated carbocycles. The minimum Gasteiger partial charge on any atom is -0.473 e. The Morgan fingerprint density at radius 2 is 1.97 bits per heavy atom. The summed E-state index contributed by atoms with van der Waals surface area (Å²) in [5, 5.41) is 8.70. The molecule has 4 heterocycles. The maximum absolute atomic E-state index is 6.22. The first-order valence-corrected chi connectivity index (χ1v) is 10.4. The van der Waals surface area contributed by atoms with Crippen molar-refractivity contribution in [2.45, 2.75) is 50.8 Å². The standard InChI is InChI=1S/C21H23ClN6O/c1-28-11-14-8-15(22)9-25-20(14)19-17(12-28)26-27-21(19)13-2-4-16(5-3-13)29-18-10-23-6-7-24-18/h6-10,13,16H,2-5,11-12H2,1H3,(H,26,27). The first kappa shape index (κ1) is 18.5. The van der Waals surface area contributed by atoms with Crippen LogP contribution in [-0.4, -0.2) is 43.2 Å². The van der Waals surface area contributed by atoms with E-state index >= 15 is 0 Å². The molecule has 3 aromatic rings. The van der Waals surface area contributed by atoms with Gasteiger partial charge >= 0.3 is 0 Å². The molecule has 0 radical (unpaired) electrons. The fourth-order valence-corrected chi connectivity index (χ4v) is 4.66. The predicted molar refractivity (Wildman–Crippen MR) is 110 cm³/mol. The second kappa shape index (κ2) is 7.72. The normalized spacial score (nSPS) is 21.9. The minimum atomic E-state index is 0.177. The maximum Gasteiger partial charge on any atom is 0.232 e. The lowest BCUT2D eigenvalue weighted by molar-refractivity contribution is 0.139. The SMILES string of the molecule is CN1Cc2cc(Cl)cnc2-c2c(C3CCC(Oc4cnccn4)CC3)n[nH]c2C1. The molecule has 0 amide bonds. The summed E-state index contributed by atoms with van der Waals surface area (Å²) in [5.74, 6) is 0.994. The van der Waals surface area contributed by atoms with Crippen LogP contribution < -0.4 is 4.74 Å². The van der Waals surface area contributed by atoms with Gasteiger partial charge in [-0.3, -0.25) is 20.0 Å². The van der Waals surface area contributed by atoms with Crippen LogP contribution in [0.2, 0.25) is 5.02 Å². The lowest BCUT2D eigenvalue weighted by Crippen LogP contribution is -2.24. The number of nitrogens with one attached hydrogen (secondary N) is 1. The first-order chi connectivity index (χ1) is 14.2. The molecule has 0 saturated heterocycles. The molecule has 3 aromatic heterocycles. The number of halogens is 1. The van der Waals surface area contributed by atoms with Gasteiger partial charge in [0.05, 0.1) is 28.3 Å². The van der Waals surface area contributed by atoms with Crippen molar-refractivity contribution in [3.63, 3.8) is 0 Å². The third kappa shape index (κ3) is 3.72. The molecule has 1 N–H and O–H groups in total. The summed E-state index contributed by atoms with van der Waals surface area (Å²) in [6, 6.07) is 2.03. The summed E-state index contributed by atoms with van der Waals surface area (Å²) in [6.45, 7) is 1.64. The van der Waals surface area contributed by atoms with E-state index in [1.54, 1.807) is 24.8 Å². The molecule has 1 aliphatic heterocycles. The monoisotopic (exact) mass is 410 g/mol.